The first kappa shape index (κ1) is 22.6. The molecule has 0 spiro atoms. The van der Waals surface area contributed by atoms with Crippen LogP contribution < -0.4 is 0 Å². The molecule has 148 valence electrons. The van der Waals surface area contributed by atoms with E-state index in [1.807, 2.05) is 0 Å². The Kier molecular flexibility index (Phi) is 13.3. The molecule has 1 rings (SSSR count). The van der Waals surface area contributed by atoms with E-state index >= 15 is 0 Å². The monoisotopic (exact) mass is 358 g/mol. The minimum atomic E-state index is -1.09. The molecule has 0 bridgehead atoms. The van der Waals surface area contributed by atoms with Gasteiger partial charge in [0.1, 0.15) is 24.4 Å². The van der Waals surface area contributed by atoms with Crippen LogP contribution >= 0.6 is 0 Å². The minimum Gasteiger partial charge on any atom is -0.394 e. The van der Waals surface area contributed by atoms with Crippen LogP contribution in [0.5, 0.6) is 0 Å². The molecular weight excluding hydrogens is 320 g/mol. The second-order valence-corrected chi connectivity index (χ2v) is 6.97. The number of allylic oxidation sites excluding steroid dienone is 2. The molecule has 0 aromatic carbocycles. The molecule has 0 aliphatic carbocycles. The van der Waals surface area contributed by atoms with Gasteiger partial charge < -0.3 is 24.8 Å². The number of hydrogen-bond donors (Lipinski definition) is 3. The van der Waals surface area contributed by atoms with Crippen molar-refractivity contribution in [2.24, 2.45) is 0 Å². The number of rotatable bonds is 14. The SMILES string of the molecule is CCCCCCC/C=C/CCCCCO[C@@H]1CO[C@@H](CO)[C@H](O)[C@H]1O. The van der Waals surface area contributed by atoms with Crippen molar-refractivity contribution in [3.05, 3.63) is 12.2 Å². The topological polar surface area (TPSA) is 79.2 Å². The molecule has 25 heavy (non-hydrogen) atoms. The quantitative estimate of drug-likeness (QED) is 0.329. The van der Waals surface area contributed by atoms with Crippen molar-refractivity contribution >= 4 is 0 Å². The lowest BCUT2D eigenvalue weighted by Gasteiger charge is -2.36. The molecule has 1 heterocycles. The molecule has 4 atom stereocenters. The molecule has 0 amide bonds. The Morgan fingerprint density at radius 1 is 0.920 bits per heavy atom. The van der Waals surface area contributed by atoms with Crippen molar-refractivity contribution in [3.63, 3.8) is 0 Å². The van der Waals surface area contributed by atoms with Crippen LogP contribution in [0.1, 0.15) is 71.1 Å². The highest BCUT2D eigenvalue weighted by molar-refractivity contribution is 4.87. The van der Waals surface area contributed by atoms with Gasteiger partial charge in [0.25, 0.3) is 0 Å². The maximum Gasteiger partial charge on any atom is 0.111 e. The van der Waals surface area contributed by atoms with Crippen LogP contribution in [-0.4, -0.2) is 59.6 Å². The first-order valence-electron chi connectivity index (χ1n) is 10.1. The molecule has 5 heteroatoms. The normalized spacial score (nSPS) is 27.2. The van der Waals surface area contributed by atoms with Gasteiger partial charge in [0, 0.05) is 6.61 Å². The van der Waals surface area contributed by atoms with Crippen molar-refractivity contribution in [1.82, 2.24) is 0 Å². The number of hydrogen-bond acceptors (Lipinski definition) is 5. The smallest absolute Gasteiger partial charge is 0.111 e. The predicted molar refractivity (Wildman–Crippen MR) is 99.6 cm³/mol. The highest BCUT2D eigenvalue weighted by Crippen LogP contribution is 2.18. The van der Waals surface area contributed by atoms with Gasteiger partial charge in [0.15, 0.2) is 0 Å². The van der Waals surface area contributed by atoms with Gasteiger partial charge in [-0.3, -0.25) is 0 Å². The molecule has 5 nitrogen and oxygen atoms in total. The molecule has 0 radical (unpaired) electrons. The zero-order chi connectivity index (χ0) is 18.3. The molecular formula is C20H38O5. The first-order chi connectivity index (χ1) is 12.2. The van der Waals surface area contributed by atoms with Gasteiger partial charge in [-0.2, -0.15) is 0 Å². The maximum absolute atomic E-state index is 9.95. The van der Waals surface area contributed by atoms with Gasteiger partial charge in [0.2, 0.25) is 0 Å². The summed E-state index contributed by atoms with van der Waals surface area (Å²) >= 11 is 0. The third-order valence-electron chi connectivity index (χ3n) is 4.75. The van der Waals surface area contributed by atoms with Crippen molar-refractivity contribution in [3.8, 4) is 0 Å². The van der Waals surface area contributed by atoms with E-state index in [4.69, 9.17) is 14.6 Å². The number of unbranched alkanes of at least 4 members (excludes halogenated alkanes) is 8. The highest BCUT2D eigenvalue weighted by atomic mass is 16.6. The standard InChI is InChI=1S/C20H38O5/c1-2-3-4-5-6-7-8-9-10-11-12-13-14-24-18-16-25-17(15-21)19(22)20(18)23/h8-9,17-23H,2-7,10-16H2,1H3/b9-8+/t17-,18+,19-,20-/m0/s1. The van der Waals surface area contributed by atoms with Crippen LogP contribution in [0.25, 0.3) is 0 Å². The van der Waals surface area contributed by atoms with Gasteiger partial charge in [0.05, 0.1) is 13.2 Å². The van der Waals surface area contributed by atoms with Crippen LogP contribution in [-0.2, 0) is 9.47 Å². The second kappa shape index (κ2) is 14.7. The Morgan fingerprint density at radius 3 is 2.20 bits per heavy atom. The van der Waals surface area contributed by atoms with Gasteiger partial charge in [-0.1, -0.05) is 51.2 Å². The molecule has 1 aliphatic heterocycles. The molecule has 0 aromatic rings. The maximum atomic E-state index is 9.95. The second-order valence-electron chi connectivity index (χ2n) is 6.97. The molecule has 1 aliphatic rings. The Hall–Kier alpha value is -0.460. The summed E-state index contributed by atoms with van der Waals surface area (Å²) in [5.41, 5.74) is 0. The van der Waals surface area contributed by atoms with E-state index in [-0.39, 0.29) is 13.2 Å². The van der Waals surface area contributed by atoms with Gasteiger partial charge in [-0.05, 0) is 32.1 Å². The van der Waals surface area contributed by atoms with E-state index in [2.05, 4.69) is 19.1 Å². The predicted octanol–water partition coefficient (Wildman–Crippen LogP) is 2.96. The lowest BCUT2D eigenvalue weighted by molar-refractivity contribution is -0.208. The van der Waals surface area contributed by atoms with Crippen molar-refractivity contribution in [2.75, 3.05) is 19.8 Å². The summed E-state index contributed by atoms with van der Waals surface area (Å²) in [4.78, 5) is 0. The summed E-state index contributed by atoms with van der Waals surface area (Å²) in [6.45, 7) is 2.72. The van der Waals surface area contributed by atoms with Crippen LogP contribution in [0.4, 0.5) is 0 Å². The average Bonchev–Trinajstić information content (AvgIpc) is 2.62. The van der Waals surface area contributed by atoms with E-state index < -0.39 is 24.4 Å². The first-order valence-corrected chi connectivity index (χ1v) is 10.1. The van der Waals surface area contributed by atoms with E-state index in [1.165, 1.54) is 38.5 Å². The minimum absolute atomic E-state index is 0.213. The Labute approximate surface area is 153 Å². The van der Waals surface area contributed by atoms with Crippen LogP contribution in [0.2, 0.25) is 0 Å². The molecule has 3 N–H and O–H groups in total. The number of aliphatic hydroxyl groups is 3. The van der Waals surface area contributed by atoms with Crippen molar-refractivity contribution in [2.45, 2.75) is 95.5 Å². The zero-order valence-electron chi connectivity index (χ0n) is 15.8. The summed E-state index contributed by atoms with van der Waals surface area (Å²) < 4.78 is 10.9. The van der Waals surface area contributed by atoms with Gasteiger partial charge >= 0.3 is 0 Å². The fourth-order valence-electron chi connectivity index (χ4n) is 3.04. The largest absolute Gasteiger partial charge is 0.394 e. The molecule has 1 saturated heterocycles. The summed E-state index contributed by atoms with van der Waals surface area (Å²) in [6, 6.07) is 0. The molecule has 0 unspecified atom stereocenters. The summed E-state index contributed by atoms with van der Waals surface area (Å²) in [6.07, 6.45) is 13.4. The van der Waals surface area contributed by atoms with Crippen LogP contribution in [0, 0.1) is 0 Å². The van der Waals surface area contributed by atoms with Crippen LogP contribution in [0.15, 0.2) is 12.2 Å². The van der Waals surface area contributed by atoms with E-state index in [0.717, 1.165) is 25.7 Å². The number of aliphatic hydroxyl groups excluding tert-OH is 3. The zero-order valence-corrected chi connectivity index (χ0v) is 15.8. The molecule has 1 fully saturated rings. The third kappa shape index (κ3) is 9.71. The highest BCUT2D eigenvalue weighted by Gasteiger charge is 2.38. The average molecular weight is 359 g/mol. The lowest BCUT2D eigenvalue weighted by atomic mass is 10.0. The van der Waals surface area contributed by atoms with Crippen molar-refractivity contribution < 1.29 is 24.8 Å². The fourth-order valence-corrected chi connectivity index (χ4v) is 3.04. The Morgan fingerprint density at radius 2 is 1.56 bits per heavy atom. The molecule has 0 aromatic heterocycles. The Bertz CT molecular complexity index is 334. The van der Waals surface area contributed by atoms with Crippen molar-refractivity contribution in [1.29, 1.82) is 0 Å². The lowest BCUT2D eigenvalue weighted by Crippen LogP contribution is -2.55. The Balaban J connectivity index is 1.93. The summed E-state index contributed by atoms with van der Waals surface area (Å²) in [7, 11) is 0. The summed E-state index contributed by atoms with van der Waals surface area (Å²) in [5, 5.41) is 28.8. The van der Waals surface area contributed by atoms with E-state index in [1.54, 1.807) is 0 Å². The van der Waals surface area contributed by atoms with Gasteiger partial charge in [-0.25, -0.2) is 0 Å². The van der Waals surface area contributed by atoms with Crippen LogP contribution in [0.3, 0.4) is 0 Å². The van der Waals surface area contributed by atoms with E-state index in [0.29, 0.717) is 6.61 Å². The third-order valence-corrected chi connectivity index (χ3v) is 4.75. The van der Waals surface area contributed by atoms with Gasteiger partial charge in [-0.15, -0.1) is 0 Å². The number of ether oxygens (including phenoxy) is 2. The van der Waals surface area contributed by atoms with E-state index in [9.17, 15) is 10.2 Å². The molecule has 0 saturated carbocycles. The fraction of sp³-hybridized carbons (Fsp3) is 0.900. The summed E-state index contributed by atoms with van der Waals surface area (Å²) in [5.74, 6) is 0.